The maximum absolute atomic E-state index is 12.6. The summed E-state index contributed by atoms with van der Waals surface area (Å²) < 4.78 is 37.9. The predicted molar refractivity (Wildman–Crippen MR) is 67.6 cm³/mol. The molecule has 0 unspecified atom stereocenters. The molecule has 0 aliphatic heterocycles. The minimum Gasteiger partial charge on any atom is -0.507 e. The van der Waals surface area contributed by atoms with E-state index in [1.807, 2.05) is 25.1 Å². The van der Waals surface area contributed by atoms with E-state index in [0.29, 0.717) is 5.69 Å². The molecule has 0 aromatic heterocycles. The Morgan fingerprint density at radius 3 is 2.32 bits per heavy atom. The Labute approximate surface area is 108 Å². The number of aryl methyl sites for hydroxylation is 1. The van der Waals surface area contributed by atoms with E-state index in [4.69, 9.17) is 0 Å². The molecule has 2 nitrogen and oxygen atoms in total. The molecule has 0 radical (unpaired) electrons. The highest BCUT2D eigenvalue weighted by molar-refractivity contribution is 5.62. The van der Waals surface area contributed by atoms with Gasteiger partial charge in [0.2, 0.25) is 0 Å². The summed E-state index contributed by atoms with van der Waals surface area (Å²) in [7, 11) is 0. The molecule has 0 atom stereocenters. The Bertz CT molecular complexity index is 593. The number of halogens is 3. The molecule has 0 spiro atoms. The van der Waals surface area contributed by atoms with Crippen molar-refractivity contribution in [2.24, 2.45) is 0 Å². The Morgan fingerprint density at radius 1 is 1.00 bits per heavy atom. The monoisotopic (exact) mass is 267 g/mol. The fourth-order valence-electron chi connectivity index (χ4n) is 1.73. The van der Waals surface area contributed by atoms with Gasteiger partial charge in [-0.3, -0.25) is 0 Å². The van der Waals surface area contributed by atoms with Crippen LogP contribution in [0, 0.1) is 6.92 Å². The zero-order chi connectivity index (χ0) is 14.0. The molecule has 0 bridgehead atoms. The molecule has 0 heterocycles. The second-order valence-corrected chi connectivity index (χ2v) is 4.22. The minimum absolute atomic E-state index is 0.274. The summed E-state index contributed by atoms with van der Waals surface area (Å²) in [5.41, 5.74) is 0.916. The zero-order valence-electron chi connectivity index (χ0n) is 10.1. The topological polar surface area (TPSA) is 32.3 Å². The third kappa shape index (κ3) is 3.19. The molecule has 0 saturated carbocycles. The van der Waals surface area contributed by atoms with Crippen LogP contribution in [0.15, 0.2) is 42.5 Å². The van der Waals surface area contributed by atoms with Crippen LogP contribution in [0.4, 0.5) is 24.5 Å². The van der Waals surface area contributed by atoms with Gasteiger partial charge in [-0.05, 0) is 42.8 Å². The molecule has 2 N–H and O–H groups in total. The van der Waals surface area contributed by atoms with Crippen LogP contribution in [-0.2, 0) is 6.18 Å². The van der Waals surface area contributed by atoms with Crippen molar-refractivity contribution >= 4 is 11.4 Å². The Kier molecular flexibility index (Phi) is 3.38. The van der Waals surface area contributed by atoms with Crippen LogP contribution in [0.3, 0.4) is 0 Å². The van der Waals surface area contributed by atoms with Crippen molar-refractivity contribution in [3.63, 3.8) is 0 Å². The zero-order valence-corrected chi connectivity index (χ0v) is 10.1. The molecule has 0 aliphatic rings. The number of phenols is 1. The first kappa shape index (κ1) is 13.3. The molecule has 0 saturated heterocycles. The van der Waals surface area contributed by atoms with Crippen molar-refractivity contribution < 1.29 is 18.3 Å². The average molecular weight is 267 g/mol. The van der Waals surface area contributed by atoms with Gasteiger partial charge in [0.05, 0.1) is 5.56 Å². The maximum Gasteiger partial charge on any atom is 0.420 e. The van der Waals surface area contributed by atoms with E-state index in [-0.39, 0.29) is 5.69 Å². The lowest BCUT2D eigenvalue weighted by atomic mass is 10.1. The van der Waals surface area contributed by atoms with Crippen molar-refractivity contribution in [3.05, 3.63) is 53.6 Å². The molecule has 100 valence electrons. The number of alkyl halides is 3. The lowest BCUT2D eigenvalue weighted by Crippen LogP contribution is -2.06. The van der Waals surface area contributed by atoms with Gasteiger partial charge >= 0.3 is 6.18 Å². The van der Waals surface area contributed by atoms with E-state index >= 15 is 0 Å². The number of benzene rings is 2. The second kappa shape index (κ2) is 4.84. The van der Waals surface area contributed by atoms with Gasteiger partial charge in [-0.2, -0.15) is 13.2 Å². The van der Waals surface area contributed by atoms with Crippen LogP contribution < -0.4 is 5.32 Å². The molecule has 2 aromatic rings. The van der Waals surface area contributed by atoms with Gasteiger partial charge < -0.3 is 10.4 Å². The molecule has 2 rings (SSSR count). The largest absolute Gasteiger partial charge is 0.507 e. The summed E-state index contributed by atoms with van der Waals surface area (Å²) in [5.74, 6) is -0.776. The molecule has 0 amide bonds. The van der Waals surface area contributed by atoms with Gasteiger partial charge in [-0.1, -0.05) is 12.1 Å². The van der Waals surface area contributed by atoms with Gasteiger partial charge in [0.1, 0.15) is 5.75 Å². The van der Waals surface area contributed by atoms with Crippen molar-refractivity contribution in [1.29, 1.82) is 0 Å². The number of phenolic OH excluding ortho intramolecular Hbond substituents is 1. The minimum atomic E-state index is -4.58. The smallest absolute Gasteiger partial charge is 0.420 e. The highest BCUT2D eigenvalue weighted by Crippen LogP contribution is 2.37. The molecule has 2 aromatic carbocycles. The van der Waals surface area contributed by atoms with Crippen LogP contribution in [0.1, 0.15) is 11.1 Å². The van der Waals surface area contributed by atoms with E-state index in [1.54, 1.807) is 6.07 Å². The third-order valence-corrected chi connectivity index (χ3v) is 2.61. The van der Waals surface area contributed by atoms with E-state index < -0.39 is 17.5 Å². The van der Waals surface area contributed by atoms with Crippen LogP contribution in [0.25, 0.3) is 0 Å². The number of hydrogen-bond donors (Lipinski definition) is 2. The predicted octanol–water partition coefficient (Wildman–Crippen LogP) is 4.46. The fourth-order valence-corrected chi connectivity index (χ4v) is 1.73. The number of anilines is 2. The summed E-state index contributed by atoms with van der Waals surface area (Å²) in [6.45, 7) is 1.89. The molecule has 0 aliphatic carbocycles. The summed E-state index contributed by atoms with van der Waals surface area (Å²) in [6, 6.07) is 10.6. The Hall–Kier alpha value is -2.17. The van der Waals surface area contributed by atoms with Crippen molar-refractivity contribution in [3.8, 4) is 5.75 Å². The Balaban J connectivity index is 2.32. The van der Waals surface area contributed by atoms with E-state index in [2.05, 4.69) is 5.32 Å². The summed E-state index contributed by atoms with van der Waals surface area (Å²) in [5, 5.41) is 12.1. The van der Waals surface area contributed by atoms with Crippen LogP contribution in [-0.4, -0.2) is 5.11 Å². The van der Waals surface area contributed by atoms with Gasteiger partial charge in [0.15, 0.2) is 0 Å². The van der Waals surface area contributed by atoms with Crippen LogP contribution >= 0.6 is 0 Å². The maximum atomic E-state index is 12.6. The highest BCUT2D eigenvalue weighted by Gasteiger charge is 2.34. The normalized spacial score (nSPS) is 11.4. The van der Waals surface area contributed by atoms with Crippen molar-refractivity contribution in [1.82, 2.24) is 0 Å². The van der Waals surface area contributed by atoms with E-state index in [1.165, 1.54) is 6.07 Å². The quantitative estimate of drug-likeness (QED) is 0.787. The van der Waals surface area contributed by atoms with E-state index in [0.717, 1.165) is 17.7 Å². The number of rotatable bonds is 2. The third-order valence-electron chi connectivity index (χ3n) is 2.61. The number of hydrogen-bond acceptors (Lipinski definition) is 2. The summed E-state index contributed by atoms with van der Waals surface area (Å²) >= 11 is 0. The number of nitrogens with one attached hydrogen (secondary N) is 1. The first-order valence-corrected chi connectivity index (χ1v) is 5.60. The summed E-state index contributed by atoms with van der Waals surface area (Å²) in [4.78, 5) is 0. The first-order valence-electron chi connectivity index (χ1n) is 5.60. The van der Waals surface area contributed by atoms with Gasteiger partial charge in [-0.25, -0.2) is 0 Å². The highest BCUT2D eigenvalue weighted by atomic mass is 19.4. The molecular weight excluding hydrogens is 255 g/mol. The molecular formula is C14H12F3NO. The summed E-state index contributed by atoms with van der Waals surface area (Å²) in [6.07, 6.45) is -4.58. The molecule has 5 heteroatoms. The van der Waals surface area contributed by atoms with Gasteiger partial charge in [-0.15, -0.1) is 0 Å². The van der Waals surface area contributed by atoms with E-state index in [9.17, 15) is 18.3 Å². The van der Waals surface area contributed by atoms with Crippen molar-refractivity contribution in [2.75, 3.05) is 5.32 Å². The SMILES string of the molecule is Cc1cccc(Nc2ccc(O)c(C(F)(F)F)c2)c1. The lowest BCUT2D eigenvalue weighted by Gasteiger charge is -2.12. The Morgan fingerprint density at radius 2 is 1.68 bits per heavy atom. The first-order chi connectivity index (χ1) is 8.86. The molecule has 19 heavy (non-hydrogen) atoms. The van der Waals surface area contributed by atoms with Crippen molar-refractivity contribution in [2.45, 2.75) is 13.1 Å². The number of aromatic hydroxyl groups is 1. The second-order valence-electron chi connectivity index (χ2n) is 4.22. The van der Waals surface area contributed by atoms with Crippen LogP contribution in [0.5, 0.6) is 5.75 Å². The van der Waals surface area contributed by atoms with Gasteiger partial charge in [0.25, 0.3) is 0 Å². The lowest BCUT2D eigenvalue weighted by molar-refractivity contribution is -0.138. The average Bonchev–Trinajstić information content (AvgIpc) is 2.30. The van der Waals surface area contributed by atoms with Gasteiger partial charge in [0, 0.05) is 11.4 Å². The van der Waals surface area contributed by atoms with Crippen LogP contribution in [0.2, 0.25) is 0 Å². The molecule has 0 fully saturated rings. The fraction of sp³-hybridized carbons (Fsp3) is 0.143. The standard InChI is InChI=1S/C14H12F3NO/c1-9-3-2-4-10(7-9)18-11-5-6-13(19)12(8-11)14(15,16)17/h2-8,18-19H,1H3.